The van der Waals surface area contributed by atoms with Gasteiger partial charge in [0.25, 0.3) is 11.6 Å². The molecule has 4 N–H and O–H groups in total. The summed E-state index contributed by atoms with van der Waals surface area (Å²) < 4.78 is 0. The molecule has 6 nitrogen and oxygen atoms in total. The quantitative estimate of drug-likeness (QED) is 0.607. The minimum Gasteiger partial charge on any atom is -0.355 e. The van der Waals surface area contributed by atoms with Gasteiger partial charge < -0.3 is 20.4 Å². The molecule has 0 saturated carbocycles. The molecule has 7 heteroatoms. The van der Waals surface area contributed by atoms with Crippen LogP contribution in [0.4, 0.5) is 0 Å². The van der Waals surface area contributed by atoms with E-state index in [9.17, 15) is 30.0 Å². The van der Waals surface area contributed by atoms with Crippen LogP contribution in [0.1, 0.15) is 33.2 Å². The van der Waals surface area contributed by atoms with Crippen LogP contribution in [0.5, 0.6) is 0 Å². The Morgan fingerprint density at radius 1 is 0.840 bits per heavy atom. The van der Waals surface area contributed by atoms with E-state index in [1.807, 2.05) is 31.2 Å². The van der Waals surface area contributed by atoms with E-state index in [1.54, 1.807) is 6.07 Å². The maximum absolute atomic E-state index is 12.5. The zero-order valence-corrected chi connectivity index (χ0v) is 14.1. The van der Waals surface area contributed by atoms with Crippen molar-refractivity contribution in [2.75, 3.05) is 0 Å². The SMILES string of the molecule is CCc1ccccc1Sc1cccc2c1C(=O)C(O)(O)C(O)(O)C2=O. The topological polar surface area (TPSA) is 115 Å². The Labute approximate surface area is 147 Å². The molecule has 0 amide bonds. The fourth-order valence-electron chi connectivity index (χ4n) is 2.73. The average Bonchev–Trinajstić information content (AvgIpc) is 2.59. The van der Waals surface area contributed by atoms with Gasteiger partial charge in [-0.3, -0.25) is 9.59 Å². The molecule has 1 aliphatic rings. The van der Waals surface area contributed by atoms with Gasteiger partial charge in [-0.15, -0.1) is 0 Å². The van der Waals surface area contributed by atoms with Crippen molar-refractivity contribution in [1.29, 1.82) is 0 Å². The van der Waals surface area contributed by atoms with E-state index >= 15 is 0 Å². The molecule has 0 fully saturated rings. The predicted octanol–water partition coefficient (Wildman–Crippen LogP) is 1.14. The molecule has 0 heterocycles. The number of aliphatic hydroxyl groups is 4. The van der Waals surface area contributed by atoms with Gasteiger partial charge in [0.2, 0.25) is 11.6 Å². The summed E-state index contributed by atoms with van der Waals surface area (Å²) in [7, 11) is 0. The Hall–Kier alpha value is -2.03. The normalized spacial score (nSPS) is 18.1. The van der Waals surface area contributed by atoms with Crippen LogP contribution in [0.3, 0.4) is 0 Å². The number of carbonyl (C=O) groups excluding carboxylic acids is 2. The van der Waals surface area contributed by atoms with E-state index in [1.165, 1.54) is 23.9 Å². The Morgan fingerprint density at radius 2 is 1.44 bits per heavy atom. The van der Waals surface area contributed by atoms with Crippen LogP contribution in [0.2, 0.25) is 0 Å². The molecule has 0 bridgehead atoms. The van der Waals surface area contributed by atoms with Crippen LogP contribution in [-0.2, 0) is 6.42 Å². The van der Waals surface area contributed by atoms with Crippen molar-refractivity contribution in [2.24, 2.45) is 0 Å². The highest BCUT2D eigenvalue weighted by Gasteiger charge is 2.63. The largest absolute Gasteiger partial charge is 0.355 e. The van der Waals surface area contributed by atoms with E-state index in [4.69, 9.17) is 0 Å². The van der Waals surface area contributed by atoms with Gasteiger partial charge in [0, 0.05) is 20.9 Å². The molecular formula is C18H16O6S. The molecule has 0 radical (unpaired) electrons. The van der Waals surface area contributed by atoms with Gasteiger partial charge in [0.15, 0.2) is 0 Å². The lowest BCUT2D eigenvalue weighted by molar-refractivity contribution is -0.299. The van der Waals surface area contributed by atoms with E-state index in [2.05, 4.69) is 0 Å². The summed E-state index contributed by atoms with van der Waals surface area (Å²) in [4.78, 5) is 25.9. The lowest BCUT2D eigenvalue weighted by Gasteiger charge is -2.37. The maximum atomic E-state index is 12.5. The fraction of sp³-hybridized carbons (Fsp3) is 0.222. The molecule has 0 unspecified atom stereocenters. The zero-order valence-electron chi connectivity index (χ0n) is 13.3. The minimum absolute atomic E-state index is 0.230. The second-order valence-corrected chi connectivity index (χ2v) is 6.83. The molecule has 25 heavy (non-hydrogen) atoms. The molecule has 2 aromatic rings. The first-order chi connectivity index (χ1) is 11.7. The summed E-state index contributed by atoms with van der Waals surface area (Å²) in [6.45, 7) is 1.98. The highest BCUT2D eigenvalue weighted by atomic mass is 32.2. The van der Waals surface area contributed by atoms with Crippen molar-refractivity contribution in [3.63, 3.8) is 0 Å². The Bertz CT molecular complexity index is 872. The minimum atomic E-state index is -3.61. The third-order valence-corrected chi connectivity index (χ3v) is 5.37. The van der Waals surface area contributed by atoms with Gasteiger partial charge in [-0.2, -0.15) is 0 Å². The van der Waals surface area contributed by atoms with Gasteiger partial charge in [0.05, 0.1) is 0 Å². The van der Waals surface area contributed by atoms with Crippen molar-refractivity contribution >= 4 is 23.3 Å². The second-order valence-electron chi connectivity index (χ2n) is 5.74. The molecule has 0 spiro atoms. The number of ketones is 2. The highest BCUT2D eigenvalue weighted by molar-refractivity contribution is 7.99. The van der Waals surface area contributed by atoms with Gasteiger partial charge in [-0.25, -0.2) is 0 Å². The third kappa shape index (κ3) is 2.61. The predicted molar refractivity (Wildman–Crippen MR) is 89.4 cm³/mol. The van der Waals surface area contributed by atoms with Crippen LogP contribution in [-0.4, -0.2) is 43.6 Å². The first kappa shape index (κ1) is 17.8. The molecule has 3 rings (SSSR count). The first-order valence-electron chi connectivity index (χ1n) is 7.59. The number of aryl methyl sites for hydroxylation is 1. The number of rotatable bonds is 3. The van der Waals surface area contributed by atoms with Crippen LogP contribution >= 0.6 is 11.8 Å². The van der Waals surface area contributed by atoms with E-state index in [0.717, 1.165) is 16.9 Å². The Kier molecular flexibility index (Phi) is 4.30. The van der Waals surface area contributed by atoms with Gasteiger partial charge in [-0.05, 0) is 24.1 Å². The summed E-state index contributed by atoms with van der Waals surface area (Å²) >= 11 is 1.20. The standard InChI is InChI=1S/C18H16O6S/c1-2-10-6-3-4-8-12(10)25-13-9-5-7-11-14(13)16(20)18(23,24)17(21,22)15(11)19/h3-9,21-24H,2H2,1H3. The maximum Gasteiger partial charge on any atom is 0.292 e. The smallest absolute Gasteiger partial charge is 0.292 e. The average molecular weight is 360 g/mol. The number of benzene rings is 2. The lowest BCUT2D eigenvalue weighted by atomic mass is 9.80. The second kappa shape index (κ2) is 6.05. The van der Waals surface area contributed by atoms with Gasteiger partial charge in [-0.1, -0.05) is 49.0 Å². The van der Waals surface area contributed by atoms with Gasteiger partial charge in [0.1, 0.15) is 0 Å². The molecule has 0 aromatic heterocycles. The summed E-state index contributed by atoms with van der Waals surface area (Å²) in [5.41, 5.74) is 0.539. The van der Waals surface area contributed by atoms with Crippen molar-refractivity contribution in [3.8, 4) is 0 Å². The van der Waals surface area contributed by atoms with Gasteiger partial charge >= 0.3 is 0 Å². The van der Waals surface area contributed by atoms with Crippen molar-refractivity contribution in [1.82, 2.24) is 0 Å². The molecule has 0 aliphatic heterocycles. The zero-order chi connectivity index (χ0) is 18.4. The Morgan fingerprint density at radius 3 is 2.12 bits per heavy atom. The van der Waals surface area contributed by atoms with Crippen LogP contribution in [0.25, 0.3) is 0 Å². The molecular weight excluding hydrogens is 344 g/mol. The number of fused-ring (bicyclic) bond motifs is 1. The molecule has 1 aliphatic carbocycles. The third-order valence-electron chi connectivity index (χ3n) is 4.19. The monoisotopic (exact) mass is 360 g/mol. The lowest BCUT2D eigenvalue weighted by Crippen LogP contribution is -2.66. The van der Waals surface area contributed by atoms with Crippen molar-refractivity contribution in [2.45, 2.75) is 34.7 Å². The van der Waals surface area contributed by atoms with Crippen LogP contribution < -0.4 is 0 Å². The van der Waals surface area contributed by atoms with Crippen LogP contribution in [0, 0.1) is 0 Å². The number of hydrogen-bond acceptors (Lipinski definition) is 7. The van der Waals surface area contributed by atoms with E-state index in [0.29, 0.717) is 4.90 Å². The summed E-state index contributed by atoms with van der Waals surface area (Å²) in [5.74, 6) is -9.87. The highest BCUT2D eigenvalue weighted by Crippen LogP contribution is 2.40. The number of carbonyl (C=O) groups is 2. The Balaban J connectivity index is 2.16. The molecule has 0 saturated heterocycles. The van der Waals surface area contributed by atoms with E-state index < -0.39 is 23.1 Å². The summed E-state index contributed by atoms with van der Waals surface area (Å²) in [6, 6.07) is 11.8. The van der Waals surface area contributed by atoms with Crippen molar-refractivity contribution < 1.29 is 30.0 Å². The van der Waals surface area contributed by atoms with Crippen LogP contribution in [0.15, 0.2) is 52.3 Å². The molecule has 0 atom stereocenters. The number of Topliss-reactive ketones (excluding diaryl/α,β-unsaturated/α-hetero) is 2. The number of hydrogen-bond donors (Lipinski definition) is 4. The van der Waals surface area contributed by atoms with Crippen molar-refractivity contribution in [3.05, 3.63) is 59.2 Å². The first-order valence-corrected chi connectivity index (χ1v) is 8.41. The fourth-order valence-corrected chi connectivity index (χ4v) is 3.91. The summed E-state index contributed by atoms with van der Waals surface area (Å²) in [5, 5.41) is 39.2. The van der Waals surface area contributed by atoms with E-state index in [-0.39, 0.29) is 11.1 Å². The molecule has 130 valence electrons. The molecule has 2 aromatic carbocycles. The summed E-state index contributed by atoms with van der Waals surface area (Å²) in [6.07, 6.45) is 0.755.